The predicted octanol–water partition coefficient (Wildman–Crippen LogP) is 2.94. The van der Waals surface area contributed by atoms with E-state index in [0.717, 1.165) is 25.0 Å². The average Bonchev–Trinajstić information content (AvgIpc) is 2.19. The van der Waals surface area contributed by atoms with Crippen LogP contribution in [-0.2, 0) is 12.0 Å². The molecule has 0 amide bonds. The van der Waals surface area contributed by atoms with Crippen LogP contribution in [0.4, 0.5) is 0 Å². The number of hydrogen-bond donors (Lipinski definition) is 0. The zero-order chi connectivity index (χ0) is 10.0. The van der Waals surface area contributed by atoms with Crippen LogP contribution in [-0.4, -0.2) is 4.98 Å². The molecule has 4 heteroatoms. The van der Waals surface area contributed by atoms with Crippen molar-refractivity contribution in [2.45, 2.75) is 31.7 Å². The molecule has 1 atom stereocenters. The van der Waals surface area contributed by atoms with Crippen LogP contribution in [0.15, 0.2) is 23.4 Å². The zero-order valence-corrected chi connectivity index (χ0v) is 8.14. The van der Waals surface area contributed by atoms with Gasteiger partial charge < -0.3 is 0 Å². The largest absolute Gasteiger partial charge is 0.260 e. The fourth-order valence-electron chi connectivity index (χ4n) is 2.06. The second kappa shape index (κ2) is 3.31. The molecule has 1 heterocycles. The summed E-state index contributed by atoms with van der Waals surface area (Å²) in [7, 11) is 0. The van der Waals surface area contributed by atoms with E-state index in [2.05, 4.69) is 21.1 Å². The van der Waals surface area contributed by atoms with Crippen LogP contribution in [0.1, 0.15) is 31.0 Å². The molecule has 0 radical (unpaired) electrons. The molecule has 72 valence electrons. The lowest BCUT2D eigenvalue weighted by molar-refractivity contribution is 0.395. The lowest BCUT2D eigenvalue weighted by Gasteiger charge is -2.29. The summed E-state index contributed by atoms with van der Waals surface area (Å²) in [5, 5.41) is 3.87. The van der Waals surface area contributed by atoms with Gasteiger partial charge in [0, 0.05) is 11.1 Å². The number of nitrogens with zero attached hydrogens (tertiary/aromatic N) is 4. The Morgan fingerprint density at radius 3 is 3.29 bits per heavy atom. The normalized spacial score (nSPS) is 24.9. The molecule has 1 aromatic heterocycles. The fourth-order valence-corrected chi connectivity index (χ4v) is 2.06. The molecule has 0 saturated carbocycles. The topological polar surface area (TPSA) is 61.7 Å². The molecular formula is C10H12N4. The lowest BCUT2D eigenvalue weighted by Crippen LogP contribution is -2.26. The first kappa shape index (κ1) is 9.03. The van der Waals surface area contributed by atoms with Gasteiger partial charge in [0.2, 0.25) is 0 Å². The number of aromatic nitrogens is 1. The van der Waals surface area contributed by atoms with E-state index in [0.29, 0.717) is 0 Å². The van der Waals surface area contributed by atoms with Gasteiger partial charge in [-0.15, -0.1) is 0 Å². The number of rotatable bonds is 1. The van der Waals surface area contributed by atoms with Crippen LogP contribution < -0.4 is 0 Å². The maximum atomic E-state index is 8.54. The monoisotopic (exact) mass is 188 g/mol. The van der Waals surface area contributed by atoms with E-state index in [9.17, 15) is 0 Å². The molecule has 1 aromatic rings. The quantitative estimate of drug-likeness (QED) is 0.379. The first-order chi connectivity index (χ1) is 6.76. The summed E-state index contributed by atoms with van der Waals surface area (Å²) in [6, 6.07) is 3.99. The van der Waals surface area contributed by atoms with Crippen molar-refractivity contribution in [2.24, 2.45) is 5.11 Å². The molecule has 0 aromatic carbocycles. The van der Waals surface area contributed by atoms with Crippen LogP contribution in [0.25, 0.3) is 10.4 Å². The van der Waals surface area contributed by atoms with Crippen LogP contribution >= 0.6 is 0 Å². The van der Waals surface area contributed by atoms with Crippen molar-refractivity contribution >= 4 is 0 Å². The van der Waals surface area contributed by atoms with Gasteiger partial charge in [-0.25, -0.2) is 0 Å². The minimum atomic E-state index is -0.441. The maximum absolute atomic E-state index is 8.54. The van der Waals surface area contributed by atoms with Crippen LogP contribution in [0.5, 0.6) is 0 Å². The van der Waals surface area contributed by atoms with Gasteiger partial charge in [0.05, 0.1) is 11.2 Å². The van der Waals surface area contributed by atoms with Crippen molar-refractivity contribution in [1.29, 1.82) is 0 Å². The Morgan fingerprint density at radius 2 is 2.50 bits per heavy atom. The van der Waals surface area contributed by atoms with E-state index in [4.69, 9.17) is 5.53 Å². The van der Waals surface area contributed by atoms with Gasteiger partial charge in [-0.2, -0.15) is 0 Å². The van der Waals surface area contributed by atoms with Gasteiger partial charge in [-0.3, -0.25) is 4.98 Å². The van der Waals surface area contributed by atoms with E-state index < -0.39 is 5.54 Å². The molecule has 0 bridgehead atoms. The van der Waals surface area contributed by atoms with Crippen molar-refractivity contribution in [3.05, 3.63) is 40.0 Å². The van der Waals surface area contributed by atoms with Crippen LogP contribution in [0.3, 0.4) is 0 Å². The van der Waals surface area contributed by atoms with Gasteiger partial charge in [-0.05, 0) is 43.3 Å². The molecule has 0 N–H and O–H groups in total. The molecule has 2 rings (SSSR count). The smallest absolute Gasteiger partial charge is 0.0884 e. The van der Waals surface area contributed by atoms with Crippen molar-refractivity contribution in [3.63, 3.8) is 0 Å². The van der Waals surface area contributed by atoms with E-state index in [1.807, 2.05) is 13.0 Å². The van der Waals surface area contributed by atoms with Crippen LogP contribution in [0.2, 0.25) is 0 Å². The Balaban J connectivity index is 2.54. The fraction of sp³-hybridized carbons (Fsp3) is 0.500. The lowest BCUT2D eigenvalue weighted by atomic mass is 9.82. The third-order valence-electron chi connectivity index (χ3n) is 2.78. The molecule has 14 heavy (non-hydrogen) atoms. The summed E-state index contributed by atoms with van der Waals surface area (Å²) in [4.78, 5) is 7.24. The summed E-state index contributed by atoms with van der Waals surface area (Å²) in [6.07, 6.45) is 4.75. The second-order valence-corrected chi connectivity index (χ2v) is 3.83. The highest BCUT2D eigenvalue weighted by Gasteiger charge is 2.32. The Hall–Kier alpha value is -1.54. The van der Waals surface area contributed by atoms with Crippen molar-refractivity contribution in [2.75, 3.05) is 0 Å². The molecular weight excluding hydrogens is 176 g/mol. The van der Waals surface area contributed by atoms with Gasteiger partial charge in [0.25, 0.3) is 0 Å². The average molecular weight is 188 g/mol. The minimum absolute atomic E-state index is 0.441. The van der Waals surface area contributed by atoms with Crippen LogP contribution in [0, 0.1) is 0 Å². The molecule has 0 spiro atoms. The van der Waals surface area contributed by atoms with E-state index in [1.54, 1.807) is 6.20 Å². The summed E-state index contributed by atoms with van der Waals surface area (Å²) in [5.41, 5.74) is 10.3. The third kappa shape index (κ3) is 1.34. The highest BCUT2D eigenvalue weighted by molar-refractivity contribution is 5.29. The van der Waals surface area contributed by atoms with Gasteiger partial charge in [0.1, 0.15) is 0 Å². The minimum Gasteiger partial charge on any atom is -0.260 e. The Bertz CT molecular complexity index is 395. The highest BCUT2D eigenvalue weighted by Crippen LogP contribution is 2.36. The molecule has 1 aliphatic carbocycles. The summed E-state index contributed by atoms with van der Waals surface area (Å²) in [6.45, 7) is 1.96. The number of azide groups is 1. The van der Waals surface area contributed by atoms with Gasteiger partial charge in [-0.1, -0.05) is 11.2 Å². The van der Waals surface area contributed by atoms with Gasteiger partial charge in [0.15, 0.2) is 0 Å². The number of hydrogen-bond acceptors (Lipinski definition) is 2. The number of aryl methyl sites for hydroxylation is 1. The second-order valence-electron chi connectivity index (χ2n) is 3.83. The first-order valence-electron chi connectivity index (χ1n) is 4.77. The first-order valence-corrected chi connectivity index (χ1v) is 4.77. The standard InChI is InChI=1S/C10H12N4/c1-10(13-14-11)6-2-4-8-5-3-7-12-9(8)10/h3,5,7H,2,4,6H2,1H3. The SMILES string of the molecule is CC1(N=[N+]=[N-])CCCc2cccnc21. The summed E-state index contributed by atoms with van der Waals surface area (Å²) < 4.78 is 0. The zero-order valence-electron chi connectivity index (χ0n) is 8.14. The maximum Gasteiger partial charge on any atom is 0.0884 e. The molecule has 0 saturated heterocycles. The van der Waals surface area contributed by atoms with Crippen molar-refractivity contribution in [3.8, 4) is 0 Å². The Morgan fingerprint density at radius 1 is 1.64 bits per heavy atom. The molecule has 1 aliphatic rings. The highest BCUT2D eigenvalue weighted by atomic mass is 15.2. The summed E-state index contributed by atoms with van der Waals surface area (Å²) in [5.74, 6) is 0. The van der Waals surface area contributed by atoms with Crippen molar-refractivity contribution in [1.82, 2.24) is 4.98 Å². The molecule has 1 unspecified atom stereocenters. The number of fused-ring (bicyclic) bond motifs is 1. The Labute approximate surface area is 82.6 Å². The summed E-state index contributed by atoms with van der Waals surface area (Å²) >= 11 is 0. The number of pyridine rings is 1. The molecule has 4 nitrogen and oxygen atoms in total. The molecule has 0 fully saturated rings. The van der Waals surface area contributed by atoms with E-state index >= 15 is 0 Å². The Kier molecular flexibility index (Phi) is 2.14. The molecule has 0 aliphatic heterocycles. The predicted molar refractivity (Wildman–Crippen MR) is 53.7 cm³/mol. The van der Waals surface area contributed by atoms with Crippen molar-refractivity contribution < 1.29 is 0 Å². The van der Waals surface area contributed by atoms with E-state index in [-0.39, 0.29) is 0 Å². The van der Waals surface area contributed by atoms with Gasteiger partial charge >= 0.3 is 0 Å². The third-order valence-corrected chi connectivity index (χ3v) is 2.78. The van der Waals surface area contributed by atoms with E-state index in [1.165, 1.54) is 5.56 Å².